The van der Waals surface area contributed by atoms with E-state index < -0.39 is 16.5 Å². The van der Waals surface area contributed by atoms with Crippen LogP contribution in [-0.2, 0) is 43.4 Å². The molecule has 8 fully saturated rings. The van der Waals surface area contributed by atoms with Crippen molar-refractivity contribution in [1.82, 2.24) is 0 Å². The summed E-state index contributed by atoms with van der Waals surface area (Å²) in [6.45, 7) is 20.5. The van der Waals surface area contributed by atoms with Gasteiger partial charge < -0.3 is 54.5 Å². The summed E-state index contributed by atoms with van der Waals surface area (Å²) in [5, 5.41) is 0. The summed E-state index contributed by atoms with van der Waals surface area (Å²) < 4.78 is 0. The van der Waals surface area contributed by atoms with Crippen molar-refractivity contribution in [3.63, 3.8) is 0 Å². The molecule has 326 valence electrons. The van der Waals surface area contributed by atoms with Gasteiger partial charge >= 0.3 is 43.4 Å². The van der Waals surface area contributed by atoms with E-state index in [4.69, 9.17) is 9.96 Å². The fourth-order valence-electron chi connectivity index (χ4n) is 16.6. The van der Waals surface area contributed by atoms with Crippen molar-refractivity contribution < 1.29 is 43.4 Å². The van der Waals surface area contributed by atoms with E-state index in [2.05, 4.69) is 66.5 Å². The van der Waals surface area contributed by atoms with Crippen molar-refractivity contribution in [2.75, 3.05) is 0 Å². The van der Waals surface area contributed by atoms with Crippen LogP contribution < -0.4 is 0 Å². The van der Waals surface area contributed by atoms with Crippen LogP contribution in [0.15, 0.2) is 0 Å². The first-order chi connectivity index (χ1) is 23.3. The third kappa shape index (κ3) is 11.4. The number of hydrogen-bond donors (Lipinski definition) is 0. The monoisotopic (exact) mass is 889 g/mol. The average Bonchev–Trinajstić information content (AvgIpc) is 3.71. The van der Waals surface area contributed by atoms with Crippen LogP contribution in [-0.4, -0.2) is 27.5 Å². The fraction of sp³-hybridized carbons (Fsp3) is 0.843. The molecule has 2 nitrogen and oxygen atoms in total. The van der Waals surface area contributed by atoms with Crippen LogP contribution in [0.2, 0.25) is 29.8 Å². The third-order valence-corrected chi connectivity index (χ3v) is 29.3. The van der Waals surface area contributed by atoms with Crippen LogP contribution in [0, 0.1) is 116 Å². The number of nitrogens with zero attached hydrogens (tertiary/aromatic N) is 2. The number of rotatable bonds is 6. The molecule has 0 amide bonds. The van der Waals surface area contributed by atoms with E-state index in [1.54, 1.807) is 38.5 Å². The second-order valence-corrected chi connectivity index (χ2v) is 30.9. The molecule has 0 bridgehead atoms. The Kier molecular flexibility index (Phi) is 23.3. The van der Waals surface area contributed by atoms with Gasteiger partial charge in [-0.05, 0) is 135 Å². The summed E-state index contributed by atoms with van der Waals surface area (Å²) in [5.74, 6) is 14.3. The minimum atomic E-state index is -2.09. The van der Waals surface area contributed by atoms with E-state index in [1.165, 1.54) is 95.6 Å². The Morgan fingerprint density at radius 2 is 0.632 bits per heavy atom. The maximum Gasteiger partial charge on any atom is 4.00 e. The molecule has 0 aromatic rings. The van der Waals surface area contributed by atoms with Crippen LogP contribution in [0.25, 0.3) is 9.96 Å². The van der Waals surface area contributed by atoms with Gasteiger partial charge in [0.1, 0.15) is 0 Å². The summed E-state index contributed by atoms with van der Waals surface area (Å²) >= 11 is 0. The van der Waals surface area contributed by atoms with Gasteiger partial charge in [0, 0.05) is 0 Å². The second-order valence-electron chi connectivity index (χ2n) is 22.3. The van der Waals surface area contributed by atoms with Crippen LogP contribution in [0.5, 0.6) is 0 Å². The zero-order valence-corrected chi connectivity index (χ0v) is 45.8. The maximum atomic E-state index is 6.28. The molecule has 6 heteroatoms. The molecule has 14 atom stereocenters. The van der Waals surface area contributed by atoms with E-state index in [0.717, 1.165) is 70.3 Å². The smallest absolute Gasteiger partial charge is 0.660 e. The van der Waals surface area contributed by atoms with E-state index >= 15 is 0 Å². The minimum Gasteiger partial charge on any atom is -0.660 e. The Balaban J connectivity index is 0.00000392. The largest absolute Gasteiger partial charge is 4.00 e. The van der Waals surface area contributed by atoms with Gasteiger partial charge in [0.2, 0.25) is 0 Å². The first-order valence-corrected chi connectivity index (χ1v) is 27.9. The van der Waals surface area contributed by atoms with E-state index in [1.807, 2.05) is 0 Å². The summed E-state index contributed by atoms with van der Waals surface area (Å²) in [4.78, 5) is 12.6. The molecular weight excluding hydrogens is 792 g/mol. The Morgan fingerprint density at radius 1 is 0.386 bits per heavy atom. The molecule has 0 aromatic carbocycles. The third-order valence-electron chi connectivity index (χ3n) is 17.0. The summed E-state index contributed by atoms with van der Waals surface area (Å²) in [6, 6.07) is 0. The van der Waals surface area contributed by atoms with Crippen molar-refractivity contribution in [1.29, 1.82) is 0 Å². The fourth-order valence-corrected chi connectivity index (χ4v) is 32.2. The van der Waals surface area contributed by atoms with Crippen LogP contribution in [0.1, 0.15) is 170 Å². The van der Waals surface area contributed by atoms with E-state index in [9.17, 15) is 0 Å². The molecule has 0 spiro atoms. The van der Waals surface area contributed by atoms with Crippen molar-refractivity contribution in [3.8, 4) is 0 Å². The first kappa shape index (κ1) is 58.8. The van der Waals surface area contributed by atoms with Gasteiger partial charge in [-0.2, -0.15) is 0 Å². The van der Waals surface area contributed by atoms with Gasteiger partial charge in [-0.3, -0.25) is 0 Å². The normalized spacial score (nSPS) is 39.2. The molecule has 8 aliphatic rings. The molecule has 2 radical (unpaired) electrons. The Morgan fingerprint density at radius 3 is 0.912 bits per heavy atom. The Labute approximate surface area is 393 Å². The minimum absolute atomic E-state index is 0. The standard InChI is InChI=1S/C45H78N2Si2.6CH3.2Ti/c1-44(2,3)46-48(7,40-27-25-38-34-21-11-9-17-30(34)32-19-13-15-23-36(32)42(38)40)29-49(8,47-45(4,5)6)41-28-26-39-35-22-12-10-18-31(35)33-20-14-16-24-37(33)43(39)41;;;;;;;;/h30-41H,9-29H2,1-8H3;6*1H3;;/q-2;6*-1;2*+4. The summed E-state index contributed by atoms with van der Waals surface area (Å²) in [5.41, 5.74) is 3.18. The predicted molar refractivity (Wildman–Crippen MR) is 254 cm³/mol. The van der Waals surface area contributed by atoms with Gasteiger partial charge in [-0.25, -0.2) is 0 Å². The molecule has 0 saturated heterocycles. The van der Waals surface area contributed by atoms with Crippen molar-refractivity contribution in [2.24, 2.45) is 59.2 Å². The summed E-state index contributed by atoms with van der Waals surface area (Å²) in [6.07, 6.45) is 30.4. The summed E-state index contributed by atoms with van der Waals surface area (Å²) in [7, 11) is -4.18. The van der Waals surface area contributed by atoms with Crippen molar-refractivity contribution in [2.45, 2.75) is 211 Å². The molecule has 8 saturated carbocycles. The Hall–Kier alpha value is 1.78. The maximum absolute atomic E-state index is 6.28. The molecule has 8 aliphatic carbocycles. The molecule has 14 unspecified atom stereocenters. The van der Waals surface area contributed by atoms with Crippen LogP contribution in [0.3, 0.4) is 0 Å². The molecule has 0 aromatic heterocycles. The quantitative estimate of drug-likeness (QED) is 0.188. The van der Waals surface area contributed by atoms with E-state index in [-0.39, 0.29) is 99.1 Å². The van der Waals surface area contributed by atoms with Crippen LogP contribution >= 0.6 is 0 Å². The van der Waals surface area contributed by atoms with Gasteiger partial charge in [0.05, 0.1) is 0 Å². The van der Waals surface area contributed by atoms with Gasteiger partial charge in [0.15, 0.2) is 0 Å². The van der Waals surface area contributed by atoms with E-state index in [0.29, 0.717) is 0 Å². The molecule has 0 aliphatic heterocycles. The predicted octanol–water partition coefficient (Wildman–Crippen LogP) is 16.7. The SMILES string of the molecule is CC(C)(C)[N-][Si](C)(C[Si](C)([N-]C(C)(C)C)C1CCC2[C]1C1CCCCC1C1CCCCC21)C1CCC2[C]1C1CCCCC1C1CCCCC21.[CH3-].[CH3-].[CH3-].[CH3-].[CH3-].[CH3-].[Ti+4].[Ti+4]. The topological polar surface area (TPSA) is 28.2 Å². The Bertz CT molecular complexity index is 1080. The average molecular weight is 889 g/mol. The molecule has 57 heavy (non-hydrogen) atoms. The zero-order chi connectivity index (χ0) is 34.3. The van der Waals surface area contributed by atoms with Crippen LogP contribution in [0.4, 0.5) is 0 Å². The van der Waals surface area contributed by atoms with Gasteiger partial charge in [-0.15, -0.1) is 11.1 Å². The van der Waals surface area contributed by atoms with Crippen molar-refractivity contribution in [3.05, 3.63) is 66.4 Å². The zero-order valence-electron chi connectivity index (χ0n) is 40.7. The van der Waals surface area contributed by atoms with Crippen molar-refractivity contribution >= 4 is 16.5 Å². The molecular formula is C51H96N2Si2Ti2. The first-order valence-electron chi connectivity index (χ1n) is 22.5. The molecule has 0 heterocycles. The second kappa shape index (κ2) is 22.6. The van der Waals surface area contributed by atoms with Gasteiger partial charge in [0.25, 0.3) is 0 Å². The number of fused-ring (bicyclic) bond motifs is 12. The van der Waals surface area contributed by atoms with Gasteiger partial charge in [-0.1, -0.05) is 152 Å². The number of hydrogen-bond acceptors (Lipinski definition) is 0. The molecule has 8 rings (SSSR count). The molecule has 0 N–H and O–H groups in total.